The fourth-order valence-corrected chi connectivity index (χ4v) is 2.14. The van der Waals surface area contributed by atoms with Gasteiger partial charge < -0.3 is 19.3 Å². The Labute approximate surface area is 117 Å². The van der Waals surface area contributed by atoms with Crippen molar-refractivity contribution in [1.29, 1.82) is 0 Å². The molecule has 0 amide bonds. The Morgan fingerprint density at radius 3 is 2.90 bits per heavy atom. The molecule has 1 heterocycles. The average Bonchev–Trinajstić information content (AvgIpc) is 2.90. The van der Waals surface area contributed by atoms with Crippen molar-refractivity contribution in [3.05, 3.63) is 17.7 Å². The summed E-state index contributed by atoms with van der Waals surface area (Å²) >= 11 is 0. The highest BCUT2D eigenvalue weighted by atomic mass is 16.7. The van der Waals surface area contributed by atoms with Gasteiger partial charge in [-0.05, 0) is 24.2 Å². The molecule has 0 fully saturated rings. The minimum absolute atomic E-state index is 0.134. The van der Waals surface area contributed by atoms with Gasteiger partial charge in [-0.15, -0.1) is 0 Å². The molecule has 0 spiro atoms. The Morgan fingerprint density at radius 2 is 2.25 bits per heavy atom. The van der Waals surface area contributed by atoms with Crippen LogP contribution in [-0.4, -0.2) is 43.0 Å². The molecule has 20 heavy (non-hydrogen) atoms. The van der Waals surface area contributed by atoms with Crippen molar-refractivity contribution in [2.45, 2.75) is 19.9 Å². The van der Waals surface area contributed by atoms with Crippen molar-refractivity contribution in [3.8, 4) is 17.2 Å². The van der Waals surface area contributed by atoms with Crippen LogP contribution in [-0.2, 0) is 11.3 Å². The van der Waals surface area contributed by atoms with Crippen LogP contribution in [0.1, 0.15) is 18.9 Å². The first-order valence-corrected chi connectivity index (χ1v) is 6.54. The lowest BCUT2D eigenvalue weighted by molar-refractivity contribution is -0.137. The third kappa shape index (κ3) is 3.33. The zero-order chi connectivity index (χ0) is 14.5. The van der Waals surface area contributed by atoms with Gasteiger partial charge in [0.1, 0.15) is 0 Å². The smallest absolute Gasteiger partial charge is 0.304 e. The first-order chi connectivity index (χ1) is 9.63. The molecular weight excluding hydrogens is 262 g/mol. The van der Waals surface area contributed by atoms with Gasteiger partial charge in [0.05, 0.1) is 13.5 Å². The Kier molecular flexibility index (Phi) is 4.68. The molecule has 6 nitrogen and oxygen atoms in total. The van der Waals surface area contributed by atoms with E-state index < -0.39 is 5.97 Å². The summed E-state index contributed by atoms with van der Waals surface area (Å²) in [5.41, 5.74) is 1.01. The Balaban J connectivity index is 2.10. The summed E-state index contributed by atoms with van der Waals surface area (Å²) in [6, 6.07) is 3.81. The van der Waals surface area contributed by atoms with E-state index >= 15 is 0 Å². The molecule has 1 aromatic carbocycles. The number of benzene rings is 1. The fraction of sp³-hybridized carbons (Fsp3) is 0.500. The van der Waals surface area contributed by atoms with E-state index in [9.17, 15) is 4.79 Å². The quantitative estimate of drug-likeness (QED) is 0.820. The van der Waals surface area contributed by atoms with Gasteiger partial charge in [-0.25, -0.2) is 0 Å². The van der Waals surface area contributed by atoms with Crippen molar-refractivity contribution in [3.63, 3.8) is 0 Å². The number of methoxy groups -OCH3 is 1. The van der Waals surface area contributed by atoms with Crippen LogP contribution in [0.5, 0.6) is 17.2 Å². The van der Waals surface area contributed by atoms with Crippen LogP contribution in [0, 0.1) is 0 Å². The maximum atomic E-state index is 10.6. The van der Waals surface area contributed by atoms with Crippen molar-refractivity contribution in [1.82, 2.24) is 4.90 Å². The number of carboxylic acids is 1. The molecule has 6 heteroatoms. The predicted octanol–water partition coefficient (Wildman–Crippen LogP) is 1.72. The predicted molar refractivity (Wildman–Crippen MR) is 72.3 cm³/mol. The van der Waals surface area contributed by atoms with E-state index in [-0.39, 0.29) is 13.2 Å². The first-order valence-electron chi connectivity index (χ1n) is 6.54. The molecule has 1 aromatic rings. The van der Waals surface area contributed by atoms with Crippen LogP contribution in [0.3, 0.4) is 0 Å². The van der Waals surface area contributed by atoms with E-state index in [1.165, 1.54) is 0 Å². The van der Waals surface area contributed by atoms with Crippen LogP contribution in [0.2, 0.25) is 0 Å². The van der Waals surface area contributed by atoms with Crippen molar-refractivity contribution in [2.75, 3.05) is 27.0 Å². The third-order valence-electron chi connectivity index (χ3n) is 3.21. The number of carboxylic acid groups (broad SMARTS) is 1. The molecular formula is C14H19NO5. The monoisotopic (exact) mass is 281 g/mol. The molecule has 1 N–H and O–H groups in total. The molecule has 0 saturated heterocycles. The van der Waals surface area contributed by atoms with Gasteiger partial charge in [0.25, 0.3) is 0 Å². The fourth-order valence-electron chi connectivity index (χ4n) is 2.14. The molecule has 0 aromatic heterocycles. The van der Waals surface area contributed by atoms with E-state index in [4.69, 9.17) is 19.3 Å². The highest BCUT2D eigenvalue weighted by Crippen LogP contribution is 2.41. The number of hydrogen-bond acceptors (Lipinski definition) is 5. The Hall–Kier alpha value is -1.95. The molecule has 2 rings (SSSR count). The van der Waals surface area contributed by atoms with Crippen LogP contribution in [0.15, 0.2) is 12.1 Å². The Morgan fingerprint density at radius 1 is 1.45 bits per heavy atom. The number of rotatable bonds is 7. The van der Waals surface area contributed by atoms with Crippen molar-refractivity contribution >= 4 is 5.97 Å². The van der Waals surface area contributed by atoms with Gasteiger partial charge in [0.15, 0.2) is 11.5 Å². The number of hydrogen-bond donors (Lipinski definition) is 1. The topological polar surface area (TPSA) is 68.2 Å². The van der Waals surface area contributed by atoms with Crippen LogP contribution < -0.4 is 14.2 Å². The summed E-state index contributed by atoms with van der Waals surface area (Å²) in [4.78, 5) is 12.7. The van der Waals surface area contributed by atoms with E-state index in [2.05, 4.69) is 4.90 Å². The normalized spacial score (nSPS) is 12.8. The van der Waals surface area contributed by atoms with Gasteiger partial charge in [0, 0.05) is 13.1 Å². The standard InChI is InChI=1S/C14H19NO5/c1-3-15(5-4-13(16)17)8-10-6-11(18-2)14-12(7-10)19-9-20-14/h6-7H,3-5,8-9H2,1-2H3,(H,16,17). The zero-order valence-electron chi connectivity index (χ0n) is 11.7. The van der Waals surface area contributed by atoms with Crippen LogP contribution in [0.4, 0.5) is 0 Å². The van der Waals surface area contributed by atoms with Crippen molar-refractivity contribution in [2.24, 2.45) is 0 Å². The SMILES string of the molecule is CCN(CCC(=O)O)Cc1cc(OC)c2c(c1)OCO2. The second-order valence-electron chi connectivity index (χ2n) is 4.54. The average molecular weight is 281 g/mol. The summed E-state index contributed by atoms with van der Waals surface area (Å²) in [7, 11) is 1.59. The molecule has 0 unspecified atom stereocenters. The highest BCUT2D eigenvalue weighted by Gasteiger charge is 2.20. The molecule has 0 bridgehead atoms. The van der Waals surface area contributed by atoms with Gasteiger partial charge >= 0.3 is 5.97 Å². The van der Waals surface area contributed by atoms with E-state index in [0.29, 0.717) is 30.3 Å². The summed E-state index contributed by atoms with van der Waals surface area (Å²) in [6.07, 6.45) is 0.134. The largest absolute Gasteiger partial charge is 0.493 e. The van der Waals surface area contributed by atoms with Crippen LogP contribution in [0.25, 0.3) is 0 Å². The maximum absolute atomic E-state index is 10.6. The number of ether oxygens (including phenoxy) is 3. The molecule has 0 radical (unpaired) electrons. The number of nitrogens with zero attached hydrogens (tertiary/aromatic N) is 1. The lowest BCUT2D eigenvalue weighted by atomic mass is 10.1. The van der Waals surface area contributed by atoms with E-state index in [1.807, 2.05) is 19.1 Å². The van der Waals surface area contributed by atoms with Gasteiger partial charge in [-0.3, -0.25) is 9.69 Å². The molecule has 0 saturated carbocycles. The van der Waals surface area contributed by atoms with Gasteiger partial charge in [-0.1, -0.05) is 6.92 Å². The maximum Gasteiger partial charge on any atom is 0.304 e. The number of fused-ring (bicyclic) bond motifs is 1. The summed E-state index contributed by atoms with van der Waals surface area (Å²) in [6.45, 7) is 4.15. The first kappa shape index (κ1) is 14.5. The minimum Gasteiger partial charge on any atom is -0.493 e. The van der Waals surface area contributed by atoms with Crippen LogP contribution >= 0.6 is 0 Å². The van der Waals surface area contributed by atoms with E-state index in [0.717, 1.165) is 12.1 Å². The molecule has 110 valence electrons. The molecule has 0 aliphatic carbocycles. The third-order valence-corrected chi connectivity index (χ3v) is 3.21. The highest BCUT2D eigenvalue weighted by molar-refractivity contribution is 5.66. The minimum atomic E-state index is -0.785. The lowest BCUT2D eigenvalue weighted by Gasteiger charge is -2.20. The summed E-state index contributed by atoms with van der Waals surface area (Å²) in [5.74, 6) is 1.16. The van der Waals surface area contributed by atoms with Gasteiger partial charge in [0.2, 0.25) is 12.5 Å². The summed E-state index contributed by atoms with van der Waals surface area (Å²) < 4.78 is 16.0. The second kappa shape index (κ2) is 6.47. The molecule has 1 aliphatic heterocycles. The van der Waals surface area contributed by atoms with E-state index in [1.54, 1.807) is 7.11 Å². The van der Waals surface area contributed by atoms with Gasteiger partial charge in [-0.2, -0.15) is 0 Å². The summed E-state index contributed by atoms with van der Waals surface area (Å²) in [5, 5.41) is 8.75. The number of aliphatic carboxylic acids is 1. The lowest BCUT2D eigenvalue weighted by Crippen LogP contribution is -2.25. The molecule has 1 aliphatic rings. The number of carbonyl (C=O) groups is 1. The second-order valence-corrected chi connectivity index (χ2v) is 4.54. The zero-order valence-corrected chi connectivity index (χ0v) is 11.7. The molecule has 0 atom stereocenters. The Bertz CT molecular complexity index is 489. The van der Waals surface area contributed by atoms with Crippen molar-refractivity contribution < 1.29 is 24.1 Å².